The standard InChI is InChI=1S/C6H8OS/c1-2-6-3-4-8(7)5-6/h1,6H,3-5H2. The average molecular weight is 128 g/mol. The van der Waals surface area contributed by atoms with Crippen molar-refractivity contribution in [1.82, 2.24) is 0 Å². The Balaban J connectivity index is 2.35. The molecule has 1 aliphatic heterocycles. The Kier molecular flexibility index (Phi) is 1.82. The Hall–Kier alpha value is -0.130. The second kappa shape index (κ2) is 2.43. The molecule has 0 N–H and O–H groups in total. The van der Waals surface area contributed by atoms with E-state index in [0.717, 1.165) is 17.9 Å². The Labute approximate surface area is 52.7 Å². The van der Waals surface area contributed by atoms with Crippen LogP contribution in [-0.4, -0.2) is 16.1 Å². The fourth-order valence-electron chi connectivity index (χ4n) is 0.796. The van der Waals surface area contributed by atoms with Crippen LogP contribution in [0.5, 0.6) is 0 Å². The maximum absolute atomic E-state index is 10.6. The molecule has 0 spiro atoms. The van der Waals surface area contributed by atoms with Gasteiger partial charge in [0, 0.05) is 6.42 Å². The number of hydrogen-bond acceptors (Lipinski definition) is 1. The first-order valence-corrected chi connectivity index (χ1v) is 4.13. The summed E-state index contributed by atoms with van der Waals surface area (Å²) in [5.74, 6) is 4.45. The van der Waals surface area contributed by atoms with Gasteiger partial charge in [-0.15, -0.1) is 6.42 Å². The fourth-order valence-corrected chi connectivity index (χ4v) is 2.22. The predicted molar refractivity (Wildman–Crippen MR) is 34.8 cm³/mol. The van der Waals surface area contributed by atoms with E-state index in [1.54, 1.807) is 0 Å². The molecule has 44 valence electrons. The van der Waals surface area contributed by atoms with Crippen molar-refractivity contribution in [3.05, 3.63) is 0 Å². The second-order valence-electron chi connectivity index (χ2n) is 1.96. The van der Waals surface area contributed by atoms with E-state index in [0.29, 0.717) is 5.92 Å². The van der Waals surface area contributed by atoms with Gasteiger partial charge in [0.1, 0.15) is 11.5 Å². The van der Waals surface area contributed by atoms with Crippen molar-refractivity contribution in [2.24, 2.45) is 5.92 Å². The Bertz CT molecular complexity index is 116. The van der Waals surface area contributed by atoms with Gasteiger partial charge in [-0.25, -0.2) is 0 Å². The summed E-state index contributed by atoms with van der Waals surface area (Å²) < 4.78 is 10.6. The summed E-state index contributed by atoms with van der Waals surface area (Å²) in [6.45, 7) is 0. The molecular weight excluding hydrogens is 120 g/mol. The van der Waals surface area contributed by atoms with Crippen LogP contribution in [0.25, 0.3) is 0 Å². The smallest absolute Gasteiger partial charge is 0.119 e. The third-order valence-corrected chi connectivity index (χ3v) is 2.78. The lowest BCUT2D eigenvalue weighted by atomic mass is 10.1. The molecule has 1 aliphatic rings. The average Bonchev–Trinajstić information content (AvgIpc) is 2.14. The van der Waals surface area contributed by atoms with E-state index in [4.69, 9.17) is 6.42 Å². The summed E-state index contributed by atoms with van der Waals surface area (Å²) in [6, 6.07) is 0. The van der Waals surface area contributed by atoms with Gasteiger partial charge >= 0.3 is 0 Å². The molecule has 1 fully saturated rings. The maximum atomic E-state index is 10.6. The van der Waals surface area contributed by atoms with E-state index in [1.807, 2.05) is 0 Å². The third-order valence-electron chi connectivity index (χ3n) is 1.32. The topological polar surface area (TPSA) is 23.1 Å². The van der Waals surface area contributed by atoms with Gasteiger partial charge in [0.25, 0.3) is 0 Å². The molecule has 1 saturated heterocycles. The summed E-state index contributed by atoms with van der Waals surface area (Å²) in [6.07, 6.45) is 6.07. The van der Waals surface area contributed by atoms with Crippen LogP contribution in [0, 0.1) is 18.3 Å². The van der Waals surface area contributed by atoms with Gasteiger partial charge in [-0.3, -0.25) is 0 Å². The van der Waals surface area contributed by atoms with Crippen molar-refractivity contribution >= 4 is 11.2 Å². The first-order valence-electron chi connectivity index (χ1n) is 2.64. The van der Waals surface area contributed by atoms with Crippen LogP contribution >= 0.6 is 0 Å². The van der Waals surface area contributed by atoms with Crippen molar-refractivity contribution in [3.63, 3.8) is 0 Å². The molecule has 0 bridgehead atoms. The molecule has 0 saturated carbocycles. The molecule has 2 heteroatoms. The molecule has 0 amide bonds. The van der Waals surface area contributed by atoms with Crippen molar-refractivity contribution in [2.45, 2.75) is 6.42 Å². The summed E-state index contributed by atoms with van der Waals surface area (Å²) in [7, 11) is 0. The molecule has 8 heavy (non-hydrogen) atoms. The van der Waals surface area contributed by atoms with Crippen LogP contribution in [0.15, 0.2) is 0 Å². The molecular formula is C6H8OS. The molecule has 0 aromatic carbocycles. The lowest BCUT2D eigenvalue weighted by Gasteiger charge is -1.98. The van der Waals surface area contributed by atoms with Gasteiger partial charge in [0.2, 0.25) is 0 Å². The van der Waals surface area contributed by atoms with E-state index in [2.05, 4.69) is 5.92 Å². The van der Waals surface area contributed by atoms with Crippen molar-refractivity contribution < 1.29 is 4.55 Å². The van der Waals surface area contributed by atoms with Crippen molar-refractivity contribution in [1.29, 1.82) is 0 Å². The normalized spacial score (nSPS) is 37.0. The number of hydrogen-bond donors (Lipinski definition) is 0. The van der Waals surface area contributed by atoms with Gasteiger partial charge in [-0.1, -0.05) is 17.1 Å². The van der Waals surface area contributed by atoms with E-state index in [-0.39, 0.29) is 0 Å². The second-order valence-corrected chi connectivity index (χ2v) is 3.58. The van der Waals surface area contributed by atoms with Gasteiger partial charge < -0.3 is 4.55 Å². The number of terminal acetylenes is 1. The zero-order valence-corrected chi connectivity index (χ0v) is 5.41. The summed E-state index contributed by atoms with van der Waals surface area (Å²) >= 11 is -0.595. The van der Waals surface area contributed by atoms with Crippen LogP contribution < -0.4 is 0 Å². The Morgan fingerprint density at radius 2 is 2.50 bits per heavy atom. The minimum Gasteiger partial charge on any atom is -0.616 e. The van der Waals surface area contributed by atoms with E-state index in [1.165, 1.54) is 0 Å². The van der Waals surface area contributed by atoms with Gasteiger partial charge in [0.15, 0.2) is 0 Å². The zero-order valence-electron chi connectivity index (χ0n) is 4.59. The molecule has 0 aromatic rings. The fraction of sp³-hybridized carbons (Fsp3) is 0.667. The predicted octanol–water partition coefficient (Wildman–Crippen LogP) is 0.388. The Morgan fingerprint density at radius 3 is 2.75 bits per heavy atom. The van der Waals surface area contributed by atoms with Gasteiger partial charge in [0.05, 0.1) is 5.92 Å². The quantitative estimate of drug-likeness (QED) is 0.342. The van der Waals surface area contributed by atoms with Crippen LogP contribution in [0.1, 0.15) is 6.42 Å². The lowest BCUT2D eigenvalue weighted by molar-refractivity contribution is 0.600. The van der Waals surface area contributed by atoms with Crippen LogP contribution in [0.4, 0.5) is 0 Å². The van der Waals surface area contributed by atoms with Crippen molar-refractivity contribution in [2.75, 3.05) is 11.5 Å². The minimum atomic E-state index is -0.595. The molecule has 2 atom stereocenters. The molecule has 0 aliphatic carbocycles. The van der Waals surface area contributed by atoms with Crippen LogP contribution in [0.3, 0.4) is 0 Å². The molecule has 2 unspecified atom stereocenters. The summed E-state index contributed by atoms with van der Waals surface area (Å²) in [4.78, 5) is 0. The molecule has 1 nitrogen and oxygen atoms in total. The molecule has 0 aromatic heterocycles. The first-order chi connectivity index (χ1) is 3.83. The first kappa shape index (κ1) is 6.00. The van der Waals surface area contributed by atoms with E-state index in [9.17, 15) is 4.55 Å². The monoisotopic (exact) mass is 128 g/mol. The highest BCUT2D eigenvalue weighted by atomic mass is 32.2. The van der Waals surface area contributed by atoms with E-state index >= 15 is 0 Å². The molecule has 0 radical (unpaired) electrons. The summed E-state index contributed by atoms with van der Waals surface area (Å²) in [5.41, 5.74) is 0. The Morgan fingerprint density at radius 1 is 1.75 bits per heavy atom. The van der Waals surface area contributed by atoms with Crippen LogP contribution in [-0.2, 0) is 11.2 Å². The largest absolute Gasteiger partial charge is 0.616 e. The highest BCUT2D eigenvalue weighted by molar-refractivity contribution is 7.91. The highest BCUT2D eigenvalue weighted by Crippen LogP contribution is 2.16. The summed E-state index contributed by atoms with van der Waals surface area (Å²) in [5, 5.41) is 0. The maximum Gasteiger partial charge on any atom is 0.119 e. The molecule has 1 rings (SSSR count). The zero-order chi connectivity index (χ0) is 5.98. The van der Waals surface area contributed by atoms with Gasteiger partial charge in [-0.05, 0) is 0 Å². The number of rotatable bonds is 0. The highest BCUT2D eigenvalue weighted by Gasteiger charge is 2.23. The van der Waals surface area contributed by atoms with Crippen molar-refractivity contribution in [3.8, 4) is 12.3 Å². The van der Waals surface area contributed by atoms with E-state index < -0.39 is 11.2 Å². The third kappa shape index (κ3) is 1.18. The van der Waals surface area contributed by atoms with Gasteiger partial charge in [-0.2, -0.15) is 0 Å². The van der Waals surface area contributed by atoms with Crippen LogP contribution in [0.2, 0.25) is 0 Å². The SMILES string of the molecule is C#CC1CC[S+]([O-])C1. The lowest BCUT2D eigenvalue weighted by Crippen LogP contribution is -2.02. The molecule has 1 heterocycles. The minimum absolute atomic E-state index is 0.302.